The Labute approximate surface area is 281 Å². The third-order valence-electron chi connectivity index (χ3n) is 7.86. The molecule has 2 aliphatic rings. The number of nitrogens with zero attached hydrogens (tertiary/aromatic N) is 4. The number of benzene rings is 2. The summed E-state index contributed by atoms with van der Waals surface area (Å²) in [6.45, 7) is 2.42. The van der Waals surface area contributed by atoms with Gasteiger partial charge in [0.05, 0.1) is 43.5 Å². The van der Waals surface area contributed by atoms with E-state index in [1.807, 2.05) is 4.90 Å². The van der Waals surface area contributed by atoms with Gasteiger partial charge in [-0.05, 0) is 49.2 Å². The summed E-state index contributed by atoms with van der Waals surface area (Å²) < 4.78 is 73.2. The number of nitrogens with one attached hydrogen (secondary N) is 3. The number of morpholine rings is 1. The normalized spacial score (nSPS) is 16.7. The van der Waals surface area contributed by atoms with E-state index in [2.05, 4.69) is 20.5 Å². The second kappa shape index (κ2) is 14.8. The predicted molar refractivity (Wildman–Crippen MR) is 177 cm³/mol. The molecule has 1 atom stereocenters. The summed E-state index contributed by atoms with van der Waals surface area (Å²) in [5, 5.41) is 3.30. The van der Waals surface area contributed by atoms with E-state index in [1.54, 1.807) is 0 Å². The van der Waals surface area contributed by atoms with Gasteiger partial charge in [-0.3, -0.25) is 9.52 Å². The van der Waals surface area contributed by atoms with Gasteiger partial charge in [0.2, 0.25) is 21.9 Å². The minimum atomic E-state index is -3.70. The van der Waals surface area contributed by atoms with Gasteiger partial charge in [0.1, 0.15) is 17.3 Å². The third kappa shape index (κ3) is 8.30. The van der Waals surface area contributed by atoms with Crippen LogP contribution in [0.5, 0.6) is 5.88 Å². The fourth-order valence-corrected chi connectivity index (χ4v) is 6.05. The molecule has 4 aromatic rings. The SMILES string of the molecule is COc1ncc(-c2nc(N3CCOCC3)nc3c(CNc4ccc(C(=O)NOC5CCCCO5)cc4F)cc(F)cc23)cc1NS(C)(=O)=O. The van der Waals surface area contributed by atoms with Crippen molar-refractivity contribution in [1.82, 2.24) is 20.4 Å². The molecule has 260 valence electrons. The Bertz CT molecular complexity index is 1960. The molecule has 49 heavy (non-hydrogen) atoms. The van der Waals surface area contributed by atoms with E-state index in [-0.39, 0.29) is 29.4 Å². The van der Waals surface area contributed by atoms with Crippen molar-refractivity contribution >= 4 is 44.2 Å². The van der Waals surface area contributed by atoms with E-state index in [0.717, 1.165) is 25.2 Å². The molecule has 6 rings (SSSR count). The van der Waals surface area contributed by atoms with Crippen molar-refractivity contribution < 1.29 is 41.0 Å². The number of ether oxygens (including phenoxy) is 3. The number of fused-ring (bicyclic) bond motifs is 1. The molecule has 2 fully saturated rings. The lowest BCUT2D eigenvalue weighted by atomic mass is 10.0. The lowest BCUT2D eigenvalue weighted by Crippen LogP contribution is -2.37. The Morgan fingerprint density at radius 2 is 1.88 bits per heavy atom. The van der Waals surface area contributed by atoms with E-state index in [1.165, 1.54) is 43.6 Å². The summed E-state index contributed by atoms with van der Waals surface area (Å²) in [6, 6.07) is 7.98. The number of halogens is 2. The highest BCUT2D eigenvalue weighted by Gasteiger charge is 2.22. The highest BCUT2D eigenvalue weighted by Crippen LogP contribution is 2.35. The van der Waals surface area contributed by atoms with Crippen molar-refractivity contribution in [3.63, 3.8) is 0 Å². The Morgan fingerprint density at radius 3 is 2.59 bits per heavy atom. The Balaban J connectivity index is 1.32. The fourth-order valence-electron chi connectivity index (χ4n) is 5.50. The number of hydroxylamine groups is 1. The number of aromatic nitrogens is 3. The van der Waals surface area contributed by atoms with Gasteiger partial charge in [-0.2, -0.15) is 0 Å². The summed E-state index contributed by atoms with van der Waals surface area (Å²) in [6.07, 6.45) is 4.38. The fraction of sp³-hybridized carbons (Fsp3) is 0.375. The molecule has 2 saturated heterocycles. The molecule has 2 aromatic carbocycles. The molecule has 14 nitrogen and oxygen atoms in total. The third-order valence-corrected chi connectivity index (χ3v) is 8.45. The molecule has 17 heteroatoms. The minimum Gasteiger partial charge on any atom is -0.480 e. The van der Waals surface area contributed by atoms with Crippen LogP contribution in [0, 0.1) is 11.6 Å². The number of hydrogen-bond donors (Lipinski definition) is 3. The van der Waals surface area contributed by atoms with Crippen molar-refractivity contribution in [1.29, 1.82) is 0 Å². The summed E-state index contributed by atoms with van der Waals surface area (Å²) >= 11 is 0. The largest absolute Gasteiger partial charge is 0.480 e. The van der Waals surface area contributed by atoms with E-state index < -0.39 is 33.9 Å². The number of rotatable bonds is 11. The van der Waals surface area contributed by atoms with Gasteiger partial charge in [0.15, 0.2) is 6.29 Å². The zero-order valence-electron chi connectivity index (χ0n) is 26.8. The number of amides is 1. The number of carbonyl (C=O) groups is 1. The molecule has 0 bridgehead atoms. The first kappa shape index (κ1) is 34.2. The molecule has 1 unspecified atom stereocenters. The number of methoxy groups -OCH3 is 1. The van der Waals surface area contributed by atoms with Gasteiger partial charge < -0.3 is 24.4 Å². The smallest absolute Gasteiger partial charge is 0.275 e. The monoisotopic (exact) mass is 699 g/mol. The summed E-state index contributed by atoms with van der Waals surface area (Å²) in [4.78, 5) is 33.6. The van der Waals surface area contributed by atoms with Gasteiger partial charge in [0, 0.05) is 60.9 Å². The zero-order valence-corrected chi connectivity index (χ0v) is 27.6. The first-order chi connectivity index (χ1) is 23.6. The number of hydrogen-bond acceptors (Lipinski definition) is 12. The van der Waals surface area contributed by atoms with E-state index in [0.29, 0.717) is 73.0 Å². The van der Waals surface area contributed by atoms with Gasteiger partial charge >= 0.3 is 0 Å². The first-order valence-electron chi connectivity index (χ1n) is 15.5. The van der Waals surface area contributed by atoms with Crippen LogP contribution < -0.4 is 25.2 Å². The van der Waals surface area contributed by atoms with Crippen LogP contribution in [0.2, 0.25) is 0 Å². The molecular weight excluding hydrogens is 664 g/mol. The van der Waals surface area contributed by atoms with Crippen molar-refractivity contribution in [3.8, 4) is 17.1 Å². The van der Waals surface area contributed by atoms with Crippen molar-refractivity contribution in [2.24, 2.45) is 0 Å². The average molecular weight is 700 g/mol. The molecule has 2 aromatic heterocycles. The molecule has 1 amide bonds. The molecule has 4 heterocycles. The van der Waals surface area contributed by atoms with Crippen LogP contribution in [0.15, 0.2) is 42.6 Å². The summed E-state index contributed by atoms with van der Waals surface area (Å²) in [5.74, 6) is -1.55. The average Bonchev–Trinajstić information content (AvgIpc) is 3.09. The quantitative estimate of drug-likeness (QED) is 0.193. The molecular formula is C32H35F2N7O7S. The molecule has 0 spiro atoms. The van der Waals surface area contributed by atoms with Gasteiger partial charge in [-0.25, -0.2) is 42.5 Å². The van der Waals surface area contributed by atoms with E-state index in [4.69, 9.17) is 29.0 Å². The van der Waals surface area contributed by atoms with Crippen LogP contribution in [0.25, 0.3) is 22.2 Å². The molecule has 3 N–H and O–H groups in total. The number of carbonyl (C=O) groups excluding carboxylic acids is 1. The van der Waals surface area contributed by atoms with Crippen LogP contribution in [0.4, 0.5) is 26.1 Å². The van der Waals surface area contributed by atoms with Crippen molar-refractivity contribution in [2.75, 3.05) is 61.2 Å². The van der Waals surface area contributed by atoms with Crippen molar-refractivity contribution in [2.45, 2.75) is 32.1 Å². The maximum atomic E-state index is 15.2. The topological polar surface area (TPSA) is 166 Å². The van der Waals surface area contributed by atoms with Gasteiger partial charge in [-0.15, -0.1) is 0 Å². The van der Waals surface area contributed by atoms with Crippen LogP contribution in [0.1, 0.15) is 35.2 Å². The van der Waals surface area contributed by atoms with Crippen LogP contribution in [-0.2, 0) is 30.9 Å². The number of pyridine rings is 1. The van der Waals surface area contributed by atoms with E-state index >= 15 is 8.78 Å². The van der Waals surface area contributed by atoms with Gasteiger partial charge in [0.25, 0.3) is 5.91 Å². The lowest BCUT2D eigenvalue weighted by Gasteiger charge is -2.27. The number of anilines is 3. The molecule has 0 aliphatic carbocycles. The standard InChI is InChI=1S/C32H35F2N7O7S/c1-45-31-26(40-49(2,43)44)15-21(18-36-31)29-23-16-22(33)13-20(28(23)37-32(38-29)41-8-11-46-12-9-41)17-35-25-7-6-19(14-24(25)34)30(42)39-48-27-5-3-4-10-47-27/h6-7,13-16,18,27,35,40H,3-5,8-12,17H2,1-2H3,(H,39,42). The summed E-state index contributed by atoms with van der Waals surface area (Å²) in [7, 11) is -2.34. The van der Waals surface area contributed by atoms with Crippen molar-refractivity contribution in [3.05, 3.63) is 65.4 Å². The summed E-state index contributed by atoms with van der Waals surface area (Å²) in [5.41, 5.74) is 3.94. The highest BCUT2D eigenvalue weighted by atomic mass is 32.2. The van der Waals surface area contributed by atoms with Gasteiger partial charge in [-0.1, -0.05) is 0 Å². The lowest BCUT2D eigenvalue weighted by molar-refractivity contribution is -0.186. The minimum absolute atomic E-state index is 0.0355. The van der Waals surface area contributed by atoms with Crippen LogP contribution >= 0.6 is 0 Å². The molecule has 2 aliphatic heterocycles. The maximum absolute atomic E-state index is 15.2. The Kier molecular flexibility index (Phi) is 10.3. The Morgan fingerprint density at radius 1 is 1.06 bits per heavy atom. The maximum Gasteiger partial charge on any atom is 0.275 e. The molecule has 0 saturated carbocycles. The van der Waals surface area contributed by atoms with E-state index in [9.17, 15) is 13.2 Å². The Hall–Kier alpha value is -4.71. The van der Waals surface area contributed by atoms with Crippen LogP contribution in [0.3, 0.4) is 0 Å². The second-order valence-electron chi connectivity index (χ2n) is 11.5. The first-order valence-corrected chi connectivity index (χ1v) is 17.4. The number of sulfonamides is 1. The predicted octanol–water partition coefficient (Wildman–Crippen LogP) is 3.99. The second-order valence-corrected chi connectivity index (χ2v) is 13.2. The highest BCUT2D eigenvalue weighted by molar-refractivity contribution is 7.92. The zero-order chi connectivity index (χ0) is 34.5. The molecule has 0 radical (unpaired) electrons. The van der Waals surface area contributed by atoms with Crippen LogP contribution in [-0.4, -0.2) is 81.8 Å².